The third-order valence-electron chi connectivity index (χ3n) is 3.24. The Labute approximate surface area is 118 Å². The average Bonchev–Trinajstić information content (AvgIpc) is 2.45. The SMILES string of the molecule is CCC[C@](CC)(NC(=O)OCc1ccccc1)C(=O)O. The molecule has 0 saturated heterocycles. The van der Waals surface area contributed by atoms with Gasteiger partial charge in [0.05, 0.1) is 0 Å². The fourth-order valence-electron chi connectivity index (χ4n) is 2.02. The van der Waals surface area contributed by atoms with Crippen molar-refractivity contribution in [3.05, 3.63) is 35.9 Å². The van der Waals surface area contributed by atoms with Gasteiger partial charge in [-0.05, 0) is 18.4 Å². The van der Waals surface area contributed by atoms with E-state index in [2.05, 4.69) is 5.32 Å². The van der Waals surface area contributed by atoms with E-state index in [0.717, 1.165) is 5.56 Å². The third kappa shape index (κ3) is 4.26. The molecule has 110 valence electrons. The first-order chi connectivity index (χ1) is 9.54. The molecule has 1 rings (SSSR count). The van der Waals surface area contributed by atoms with E-state index in [0.29, 0.717) is 19.3 Å². The van der Waals surface area contributed by atoms with Crippen molar-refractivity contribution in [2.45, 2.75) is 45.3 Å². The number of ether oxygens (including phenoxy) is 1. The molecule has 0 heterocycles. The van der Waals surface area contributed by atoms with Gasteiger partial charge in [-0.2, -0.15) is 0 Å². The van der Waals surface area contributed by atoms with Crippen molar-refractivity contribution in [1.29, 1.82) is 0 Å². The number of hydrogen-bond donors (Lipinski definition) is 2. The van der Waals surface area contributed by atoms with Crippen LogP contribution in [0.4, 0.5) is 4.79 Å². The lowest BCUT2D eigenvalue weighted by Crippen LogP contribution is -2.54. The molecule has 5 heteroatoms. The highest BCUT2D eigenvalue weighted by Gasteiger charge is 2.37. The molecule has 1 amide bonds. The number of carbonyl (C=O) groups excluding carboxylic acids is 1. The summed E-state index contributed by atoms with van der Waals surface area (Å²) in [4.78, 5) is 23.2. The Morgan fingerprint density at radius 2 is 1.90 bits per heavy atom. The Kier molecular flexibility index (Phi) is 6.03. The Morgan fingerprint density at radius 1 is 1.25 bits per heavy atom. The molecule has 0 aliphatic rings. The van der Waals surface area contributed by atoms with Crippen LogP contribution in [-0.4, -0.2) is 22.7 Å². The van der Waals surface area contributed by atoms with Gasteiger partial charge in [-0.1, -0.05) is 50.6 Å². The van der Waals surface area contributed by atoms with Gasteiger partial charge in [0.2, 0.25) is 0 Å². The Morgan fingerprint density at radius 3 is 2.40 bits per heavy atom. The number of aliphatic carboxylic acids is 1. The number of amides is 1. The molecule has 0 radical (unpaired) electrons. The van der Waals surface area contributed by atoms with Gasteiger partial charge in [0.1, 0.15) is 12.1 Å². The van der Waals surface area contributed by atoms with Gasteiger partial charge in [-0.3, -0.25) is 0 Å². The highest BCUT2D eigenvalue weighted by atomic mass is 16.5. The molecule has 1 atom stereocenters. The summed E-state index contributed by atoms with van der Waals surface area (Å²) in [6, 6.07) is 9.24. The Balaban J connectivity index is 2.60. The number of carbonyl (C=O) groups is 2. The molecule has 0 unspecified atom stereocenters. The van der Waals surface area contributed by atoms with Crippen LogP contribution >= 0.6 is 0 Å². The van der Waals surface area contributed by atoms with Gasteiger partial charge < -0.3 is 15.2 Å². The Bertz CT molecular complexity index is 446. The van der Waals surface area contributed by atoms with E-state index in [1.54, 1.807) is 6.92 Å². The number of nitrogens with one attached hydrogen (secondary N) is 1. The third-order valence-corrected chi connectivity index (χ3v) is 3.24. The second-order valence-electron chi connectivity index (χ2n) is 4.68. The molecular weight excluding hydrogens is 258 g/mol. The zero-order valence-corrected chi connectivity index (χ0v) is 11.9. The van der Waals surface area contributed by atoms with Crippen LogP contribution in [-0.2, 0) is 16.1 Å². The van der Waals surface area contributed by atoms with Crippen molar-refractivity contribution in [1.82, 2.24) is 5.32 Å². The molecule has 0 spiro atoms. The number of hydrogen-bond acceptors (Lipinski definition) is 3. The van der Waals surface area contributed by atoms with E-state index in [9.17, 15) is 14.7 Å². The average molecular weight is 279 g/mol. The largest absolute Gasteiger partial charge is 0.480 e. The maximum Gasteiger partial charge on any atom is 0.408 e. The lowest BCUT2D eigenvalue weighted by atomic mass is 9.91. The fourth-order valence-corrected chi connectivity index (χ4v) is 2.02. The second kappa shape index (κ2) is 7.53. The van der Waals surface area contributed by atoms with Crippen molar-refractivity contribution in [3.8, 4) is 0 Å². The van der Waals surface area contributed by atoms with Crippen molar-refractivity contribution in [3.63, 3.8) is 0 Å². The minimum absolute atomic E-state index is 0.123. The maximum atomic E-state index is 11.8. The Hall–Kier alpha value is -2.04. The van der Waals surface area contributed by atoms with Crippen LogP contribution in [0.15, 0.2) is 30.3 Å². The van der Waals surface area contributed by atoms with Crippen LogP contribution in [0.2, 0.25) is 0 Å². The molecule has 2 N–H and O–H groups in total. The van der Waals surface area contributed by atoms with Gasteiger partial charge in [-0.15, -0.1) is 0 Å². The summed E-state index contributed by atoms with van der Waals surface area (Å²) in [5, 5.41) is 11.8. The smallest absolute Gasteiger partial charge is 0.408 e. The topological polar surface area (TPSA) is 75.6 Å². The molecule has 0 aliphatic carbocycles. The highest BCUT2D eigenvalue weighted by Crippen LogP contribution is 2.18. The predicted molar refractivity (Wildman–Crippen MR) is 75.3 cm³/mol. The first-order valence-corrected chi connectivity index (χ1v) is 6.76. The number of rotatable bonds is 7. The van der Waals surface area contributed by atoms with Crippen LogP contribution in [0, 0.1) is 0 Å². The van der Waals surface area contributed by atoms with Crippen LogP contribution in [0.3, 0.4) is 0 Å². The van der Waals surface area contributed by atoms with Crippen LogP contribution in [0.5, 0.6) is 0 Å². The molecule has 0 saturated carbocycles. The highest BCUT2D eigenvalue weighted by molar-refractivity contribution is 5.84. The van der Waals surface area contributed by atoms with E-state index in [-0.39, 0.29) is 6.61 Å². The lowest BCUT2D eigenvalue weighted by molar-refractivity contribution is -0.145. The summed E-state index contributed by atoms with van der Waals surface area (Å²) >= 11 is 0. The van der Waals surface area contributed by atoms with Crippen molar-refractivity contribution in [2.24, 2.45) is 0 Å². The quantitative estimate of drug-likeness (QED) is 0.804. The molecule has 0 fully saturated rings. The minimum atomic E-state index is -1.25. The van der Waals surface area contributed by atoms with Crippen molar-refractivity contribution in [2.75, 3.05) is 0 Å². The molecule has 1 aromatic rings. The number of carboxylic acid groups (broad SMARTS) is 1. The summed E-state index contributed by atoms with van der Waals surface area (Å²) in [6.45, 7) is 3.74. The van der Waals surface area contributed by atoms with Gasteiger partial charge in [0.15, 0.2) is 0 Å². The van der Waals surface area contributed by atoms with E-state index < -0.39 is 17.6 Å². The van der Waals surface area contributed by atoms with E-state index in [1.165, 1.54) is 0 Å². The number of carboxylic acids is 1. The standard InChI is InChI=1S/C15H21NO4/c1-3-10-15(4-2,13(17)18)16-14(19)20-11-12-8-6-5-7-9-12/h5-9H,3-4,10-11H2,1-2H3,(H,16,19)(H,17,18)/t15-/m0/s1. The molecule has 20 heavy (non-hydrogen) atoms. The van der Waals surface area contributed by atoms with Gasteiger partial charge in [0.25, 0.3) is 0 Å². The summed E-state index contributed by atoms with van der Waals surface area (Å²) < 4.78 is 5.07. The maximum absolute atomic E-state index is 11.8. The molecule has 0 aliphatic heterocycles. The van der Waals surface area contributed by atoms with Gasteiger partial charge in [-0.25, -0.2) is 9.59 Å². The first-order valence-electron chi connectivity index (χ1n) is 6.76. The minimum Gasteiger partial charge on any atom is -0.480 e. The van der Waals surface area contributed by atoms with Crippen molar-refractivity contribution >= 4 is 12.1 Å². The number of alkyl carbamates (subject to hydrolysis) is 1. The zero-order chi connectivity index (χ0) is 15.0. The predicted octanol–water partition coefficient (Wildman–Crippen LogP) is 2.95. The molecule has 1 aromatic carbocycles. The summed E-state index contributed by atoms with van der Waals surface area (Å²) in [7, 11) is 0. The number of benzene rings is 1. The molecular formula is C15H21NO4. The summed E-state index contributed by atoms with van der Waals surface area (Å²) in [5.41, 5.74) is -0.390. The monoisotopic (exact) mass is 279 g/mol. The van der Waals surface area contributed by atoms with Gasteiger partial charge >= 0.3 is 12.1 Å². The van der Waals surface area contributed by atoms with E-state index in [1.807, 2.05) is 37.3 Å². The van der Waals surface area contributed by atoms with E-state index >= 15 is 0 Å². The molecule has 5 nitrogen and oxygen atoms in total. The van der Waals surface area contributed by atoms with Crippen LogP contribution in [0.1, 0.15) is 38.7 Å². The summed E-state index contributed by atoms with van der Waals surface area (Å²) in [6.07, 6.45) is 0.654. The lowest BCUT2D eigenvalue weighted by Gasteiger charge is -2.28. The van der Waals surface area contributed by atoms with Crippen LogP contribution in [0.25, 0.3) is 0 Å². The first kappa shape index (κ1) is 16.0. The summed E-state index contributed by atoms with van der Waals surface area (Å²) in [5.74, 6) is -1.03. The molecule has 0 bridgehead atoms. The van der Waals surface area contributed by atoms with Crippen LogP contribution < -0.4 is 5.32 Å². The zero-order valence-electron chi connectivity index (χ0n) is 11.9. The molecule has 0 aromatic heterocycles. The fraction of sp³-hybridized carbons (Fsp3) is 0.467. The van der Waals surface area contributed by atoms with E-state index in [4.69, 9.17) is 4.74 Å². The van der Waals surface area contributed by atoms with Gasteiger partial charge in [0, 0.05) is 0 Å². The normalized spacial score (nSPS) is 13.3. The second-order valence-corrected chi connectivity index (χ2v) is 4.68. The van der Waals surface area contributed by atoms with Crippen molar-refractivity contribution < 1.29 is 19.4 Å².